The molecule has 1 aliphatic heterocycles. The first-order chi connectivity index (χ1) is 12.8. The summed E-state index contributed by atoms with van der Waals surface area (Å²) in [6, 6.07) is 6.50. The van der Waals surface area contributed by atoms with Gasteiger partial charge in [0.1, 0.15) is 0 Å². The molecule has 0 aliphatic carbocycles. The van der Waals surface area contributed by atoms with Crippen LogP contribution in [0.15, 0.2) is 24.3 Å². The second-order valence-electron chi connectivity index (χ2n) is 7.34. The van der Waals surface area contributed by atoms with E-state index in [1.54, 1.807) is 31.2 Å². The first-order valence-corrected chi connectivity index (χ1v) is 9.49. The Morgan fingerprint density at radius 3 is 2.22 bits per heavy atom. The molecule has 0 saturated carbocycles. The summed E-state index contributed by atoms with van der Waals surface area (Å²) in [7, 11) is 0. The minimum atomic E-state index is -0.893. The van der Waals surface area contributed by atoms with Gasteiger partial charge in [-0.2, -0.15) is 0 Å². The maximum Gasteiger partial charge on any atom is 0.321 e. The smallest absolute Gasteiger partial charge is 0.321 e. The summed E-state index contributed by atoms with van der Waals surface area (Å²) >= 11 is 0. The fraction of sp³-hybridized carbons (Fsp3) is 0.550. The van der Waals surface area contributed by atoms with Crippen LogP contribution in [0.3, 0.4) is 0 Å². The van der Waals surface area contributed by atoms with Crippen LogP contribution in [0.1, 0.15) is 50.4 Å². The number of amides is 3. The van der Waals surface area contributed by atoms with Crippen molar-refractivity contribution in [3.05, 3.63) is 29.8 Å². The summed E-state index contributed by atoms with van der Waals surface area (Å²) in [5.41, 5.74) is 0.280. The minimum absolute atomic E-state index is 0.00616. The van der Waals surface area contributed by atoms with E-state index in [1.165, 1.54) is 4.90 Å². The highest BCUT2D eigenvalue weighted by atomic mass is 16.4. The van der Waals surface area contributed by atoms with Gasteiger partial charge in [0.15, 0.2) is 0 Å². The lowest BCUT2D eigenvalue weighted by Gasteiger charge is -2.22. The second kappa shape index (κ2) is 8.88. The van der Waals surface area contributed by atoms with Crippen LogP contribution in [0.5, 0.6) is 0 Å². The van der Waals surface area contributed by atoms with Crippen molar-refractivity contribution in [1.29, 1.82) is 0 Å². The van der Waals surface area contributed by atoms with Gasteiger partial charge in [0.2, 0.25) is 0 Å². The first-order valence-electron chi connectivity index (χ1n) is 9.49. The number of carbonyl (C=O) groups excluding carboxylic acids is 2. The zero-order valence-electron chi connectivity index (χ0n) is 16.3. The number of nitrogens with one attached hydrogen (secondary N) is 1. The lowest BCUT2D eigenvalue weighted by molar-refractivity contribution is -0.146. The van der Waals surface area contributed by atoms with E-state index >= 15 is 0 Å². The van der Waals surface area contributed by atoms with Crippen molar-refractivity contribution in [2.45, 2.75) is 40.0 Å². The van der Waals surface area contributed by atoms with Gasteiger partial charge in [-0.05, 0) is 50.5 Å². The largest absolute Gasteiger partial charge is 0.481 e. The Labute approximate surface area is 160 Å². The van der Waals surface area contributed by atoms with Crippen LogP contribution in [-0.2, 0) is 4.79 Å². The summed E-state index contributed by atoms with van der Waals surface area (Å²) in [5.74, 6) is -0.891. The van der Waals surface area contributed by atoms with E-state index in [-0.39, 0.29) is 18.5 Å². The number of benzene rings is 1. The van der Waals surface area contributed by atoms with Crippen LogP contribution in [-0.4, -0.2) is 59.0 Å². The number of nitrogens with zero attached hydrogens (tertiary/aromatic N) is 2. The average Bonchev–Trinajstić information content (AvgIpc) is 3.05. The lowest BCUT2D eigenvalue weighted by Crippen LogP contribution is -2.37. The van der Waals surface area contributed by atoms with Gasteiger partial charge in [-0.15, -0.1) is 0 Å². The zero-order valence-corrected chi connectivity index (χ0v) is 16.3. The van der Waals surface area contributed by atoms with E-state index in [4.69, 9.17) is 0 Å². The second-order valence-corrected chi connectivity index (χ2v) is 7.34. The molecule has 1 fully saturated rings. The van der Waals surface area contributed by atoms with Crippen LogP contribution in [0.2, 0.25) is 0 Å². The number of carboxylic acid groups (broad SMARTS) is 1. The van der Waals surface area contributed by atoms with Crippen LogP contribution in [0.4, 0.5) is 10.5 Å². The van der Waals surface area contributed by atoms with Crippen molar-refractivity contribution in [2.75, 3.05) is 31.5 Å². The summed E-state index contributed by atoms with van der Waals surface area (Å²) in [5, 5.41) is 12.0. The van der Waals surface area contributed by atoms with Gasteiger partial charge in [0.25, 0.3) is 5.91 Å². The molecule has 1 aliphatic rings. The molecule has 3 amide bonds. The van der Waals surface area contributed by atoms with Gasteiger partial charge in [0, 0.05) is 37.4 Å². The van der Waals surface area contributed by atoms with Crippen LogP contribution >= 0.6 is 0 Å². The Hall–Kier alpha value is -2.57. The number of urea groups is 1. The number of likely N-dealkylation sites (tertiary alicyclic amines) is 1. The number of aliphatic carboxylic acids is 1. The molecule has 0 bridgehead atoms. The zero-order chi connectivity index (χ0) is 20.0. The summed E-state index contributed by atoms with van der Waals surface area (Å²) in [4.78, 5) is 39.6. The molecule has 1 saturated heterocycles. The number of carboxylic acids is 1. The topological polar surface area (TPSA) is 90.0 Å². The van der Waals surface area contributed by atoms with E-state index in [9.17, 15) is 19.5 Å². The Bertz CT molecular complexity index is 683. The predicted molar refractivity (Wildman–Crippen MR) is 104 cm³/mol. The molecule has 1 aromatic rings. The van der Waals surface area contributed by atoms with E-state index < -0.39 is 11.4 Å². The van der Waals surface area contributed by atoms with Crippen LogP contribution in [0.25, 0.3) is 0 Å². The number of carbonyl (C=O) groups is 3. The van der Waals surface area contributed by atoms with Crippen LogP contribution in [0, 0.1) is 5.41 Å². The van der Waals surface area contributed by atoms with Gasteiger partial charge < -0.3 is 20.2 Å². The quantitative estimate of drug-likeness (QED) is 0.765. The fourth-order valence-corrected chi connectivity index (χ4v) is 3.24. The average molecular weight is 375 g/mol. The molecule has 1 atom stereocenters. The van der Waals surface area contributed by atoms with Crippen molar-refractivity contribution in [3.63, 3.8) is 0 Å². The number of anilines is 1. The molecule has 7 heteroatoms. The highest BCUT2D eigenvalue weighted by Crippen LogP contribution is 2.30. The summed E-state index contributed by atoms with van der Waals surface area (Å²) < 4.78 is 0. The molecule has 1 heterocycles. The third-order valence-corrected chi connectivity index (χ3v) is 4.93. The SMILES string of the molecule is CCCN(CCC)C(=O)c1ccc(NC(=O)N2CCC(C)(C(=O)O)C2)cc1. The lowest BCUT2D eigenvalue weighted by atomic mass is 9.90. The highest BCUT2D eigenvalue weighted by molar-refractivity contribution is 5.95. The van der Waals surface area contributed by atoms with Gasteiger partial charge >= 0.3 is 12.0 Å². The normalized spacial score (nSPS) is 19.0. The van der Waals surface area contributed by atoms with E-state index in [0.29, 0.717) is 24.2 Å². The van der Waals surface area contributed by atoms with Crippen molar-refractivity contribution < 1.29 is 19.5 Å². The molecule has 1 unspecified atom stereocenters. The van der Waals surface area contributed by atoms with E-state index in [0.717, 1.165) is 25.9 Å². The Morgan fingerprint density at radius 1 is 1.15 bits per heavy atom. The molecule has 0 spiro atoms. The van der Waals surface area contributed by atoms with Crippen molar-refractivity contribution in [3.8, 4) is 0 Å². The molecule has 27 heavy (non-hydrogen) atoms. The standard InChI is InChI=1S/C20H29N3O4/c1-4-11-22(12-5-2)17(24)15-6-8-16(9-7-15)21-19(27)23-13-10-20(3,14-23)18(25)26/h6-9H,4-5,10-14H2,1-3H3,(H,21,27)(H,25,26). The molecule has 0 radical (unpaired) electrons. The van der Waals surface area contributed by atoms with Crippen molar-refractivity contribution >= 4 is 23.6 Å². The third kappa shape index (κ3) is 4.99. The van der Waals surface area contributed by atoms with Gasteiger partial charge in [-0.1, -0.05) is 13.8 Å². The monoisotopic (exact) mass is 375 g/mol. The molecular formula is C20H29N3O4. The predicted octanol–water partition coefficient (Wildman–Crippen LogP) is 3.28. The number of hydrogen-bond acceptors (Lipinski definition) is 3. The Kier molecular flexibility index (Phi) is 6.82. The molecule has 0 aromatic heterocycles. The Balaban J connectivity index is 1.98. The molecule has 1 aromatic carbocycles. The van der Waals surface area contributed by atoms with E-state index in [1.807, 2.05) is 18.7 Å². The summed E-state index contributed by atoms with van der Waals surface area (Å²) in [6.45, 7) is 7.79. The van der Waals surface area contributed by atoms with Crippen molar-refractivity contribution in [1.82, 2.24) is 9.80 Å². The fourth-order valence-electron chi connectivity index (χ4n) is 3.24. The van der Waals surface area contributed by atoms with Crippen LogP contribution < -0.4 is 5.32 Å². The molecule has 2 N–H and O–H groups in total. The number of hydrogen-bond donors (Lipinski definition) is 2. The molecule has 2 rings (SSSR count). The van der Waals surface area contributed by atoms with Gasteiger partial charge in [0.05, 0.1) is 5.41 Å². The molecule has 148 valence electrons. The summed E-state index contributed by atoms with van der Waals surface area (Å²) in [6.07, 6.45) is 2.25. The first kappa shape index (κ1) is 20.7. The highest BCUT2D eigenvalue weighted by Gasteiger charge is 2.42. The maximum absolute atomic E-state index is 12.6. The third-order valence-electron chi connectivity index (χ3n) is 4.93. The Morgan fingerprint density at radius 2 is 1.74 bits per heavy atom. The number of rotatable bonds is 7. The van der Waals surface area contributed by atoms with Gasteiger partial charge in [-0.3, -0.25) is 9.59 Å². The maximum atomic E-state index is 12.6. The molecular weight excluding hydrogens is 346 g/mol. The molecule has 7 nitrogen and oxygen atoms in total. The van der Waals surface area contributed by atoms with E-state index in [2.05, 4.69) is 5.32 Å². The minimum Gasteiger partial charge on any atom is -0.481 e. The van der Waals surface area contributed by atoms with Gasteiger partial charge in [-0.25, -0.2) is 4.79 Å². The van der Waals surface area contributed by atoms with Crippen molar-refractivity contribution in [2.24, 2.45) is 5.41 Å².